The Morgan fingerprint density at radius 2 is 1.73 bits per heavy atom. The Morgan fingerprint density at radius 1 is 1.00 bits per heavy atom. The van der Waals surface area contributed by atoms with E-state index in [0.717, 1.165) is 11.3 Å². The second kappa shape index (κ2) is 4.07. The topological polar surface area (TPSA) is 49.6 Å². The SMILES string of the molecule is N#Cc1ccc(-c2ccc(Cl)nn2)cc1. The first-order chi connectivity index (χ1) is 7.29. The van der Waals surface area contributed by atoms with Crippen LogP contribution in [-0.2, 0) is 0 Å². The van der Waals surface area contributed by atoms with E-state index in [0.29, 0.717) is 10.7 Å². The summed E-state index contributed by atoms with van der Waals surface area (Å²) in [4.78, 5) is 0. The van der Waals surface area contributed by atoms with Crippen molar-refractivity contribution in [2.45, 2.75) is 0 Å². The second-order valence-corrected chi connectivity index (χ2v) is 3.32. The molecule has 2 aromatic rings. The van der Waals surface area contributed by atoms with Crippen molar-refractivity contribution >= 4 is 11.6 Å². The molecule has 3 nitrogen and oxygen atoms in total. The Kier molecular flexibility index (Phi) is 2.61. The van der Waals surface area contributed by atoms with Gasteiger partial charge in [-0.15, -0.1) is 10.2 Å². The summed E-state index contributed by atoms with van der Waals surface area (Å²) in [5, 5.41) is 16.7. The number of hydrogen-bond acceptors (Lipinski definition) is 3. The lowest BCUT2D eigenvalue weighted by atomic mass is 10.1. The van der Waals surface area contributed by atoms with Crippen LogP contribution in [-0.4, -0.2) is 10.2 Å². The van der Waals surface area contributed by atoms with Gasteiger partial charge in [0.2, 0.25) is 0 Å². The van der Waals surface area contributed by atoms with Gasteiger partial charge >= 0.3 is 0 Å². The lowest BCUT2D eigenvalue weighted by molar-refractivity contribution is 1.04. The number of hydrogen-bond donors (Lipinski definition) is 0. The average molecular weight is 216 g/mol. The van der Waals surface area contributed by atoms with Crippen molar-refractivity contribution in [3.05, 3.63) is 47.1 Å². The first-order valence-corrected chi connectivity index (χ1v) is 4.67. The lowest BCUT2D eigenvalue weighted by Gasteiger charge is -1.98. The third-order valence-electron chi connectivity index (χ3n) is 1.94. The summed E-state index contributed by atoms with van der Waals surface area (Å²) in [6.07, 6.45) is 0. The van der Waals surface area contributed by atoms with Crippen LogP contribution in [0.25, 0.3) is 11.3 Å². The summed E-state index contributed by atoms with van der Waals surface area (Å²) in [7, 11) is 0. The number of benzene rings is 1. The van der Waals surface area contributed by atoms with Gasteiger partial charge < -0.3 is 0 Å². The molecule has 0 N–H and O–H groups in total. The highest BCUT2D eigenvalue weighted by molar-refractivity contribution is 6.29. The number of rotatable bonds is 1. The van der Waals surface area contributed by atoms with E-state index in [9.17, 15) is 0 Å². The number of nitriles is 1. The first-order valence-electron chi connectivity index (χ1n) is 4.29. The van der Waals surface area contributed by atoms with Gasteiger partial charge in [0.05, 0.1) is 17.3 Å². The number of halogens is 1. The van der Waals surface area contributed by atoms with E-state index in [1.54, 1.807) is 24.3 Å². The minimum absolute atomic E-state index is 0.368. The van der Waals surface area contributed by atoms with Crippen LogP contribution in [0.3, 0.4) is 0 Å². The summed E-state index contributed by atoms with van der Waals surface area (Å²) in [6.45, 7) is 0. The normalized spacial score (nSPS) is 9.60. The monoisotopic (exact) mass is 215 g/mol. The third kappa shape index (κ3) is 2.12. The van der Waals surface area contributed by atoms with E-state index < -0.39 is 0 Å². The van der Waals surface area contributed by atoms with Crippen LogP contribution in [0.4, 0.5) is 0 Å². The van der Waals surface area contributed by atoms with Crippen molar-refractivity contribution in [2.24, 2.45) is 0 Å². The van der Waals surface area contributed by atoms with Gasteiger partial charge in [0.15, 0.2) is 5.15 Å². The van der Waals surface area contributed by atoms with Crippen LogP contribution in [0.2, 0.25) is 5.15 Å². The molecule has 15 heavy (non-hydrogen) atoms. The van der Waals surface area contributed by atoms with Crippen molar-refractivity contribution in [2.75, 3.05) is 0 Å². The summed E-state index contributed by atoms with van der Waals surface area (Å²) < 4.78 is 0. The van der Waals surface area contributed by atoms with Crippen molar-refractivity contribution in [1.82, 2.24) is 10.2 Å². The van der Waals surface area contributed by atoms with Crippen LogP contribution in [0.5, 0.6) is 0 Å². The third-order valence-corrected chi connectivity index (χ3v) is 2.14. The predicted molar refractivity (Wildman–Crippen MR) is 57.2 cm³/mol. The minimum Gasteiger partial charge on any atom is -0.192 e. The van der Waals surface area contributed by atoms with Crippen molar-refractivity contribution in [1.29, 1.82) is 5.26 Å². The van der Waals surface area contributed by atoms with E-state index in [-0.39, 0.29) is 0 Å². The molecule has 0 atom stereocenters. The summed E-state index contributed by atoms with van der Waals surface area (Å²) in [5.74, 6) is 0. The van der Waals surface area contributed by atoms with Gasteiger partial charge in [-0.25, -0.2) is 0 Å². The zero-order chi connectivity index (χ0) is 10.7. The van der Waals surface area contributed by atoms with E-state index in [1.807, 2.05) is 12.1 Å². The van der Waals surface area contributed by atoms with Crippen LogP contribution >= 0.6 is 11.6 Å². The molecule has 1 aromatic carbocycles. The fourth-order valence-corrected chi connectivity index (χ4v) is 1.29. The molecule has 1 aromatic heterocycles. The van der Waals surface area contributed by atoms with E-state index >= 15 is 0 Å². The molecule has 0 amide bonds. The van der Waals surface area contributed by atoms with Crippen LogP contribution in [0, 0.1) is 11.3 Å². The quantitative estimate of drug-likeness (QED) is 0.735. The molecule has 0 aliphatic heterocycles. The zero-order valence-electron chi connectivity index (χ0n) is 7.68. The van der Waals surface area contributed by atoms with Crippen molar-refractivity contribution in [3.8, 4) is 17.3 Å². The summed E-state index contributed by atoms with van der Waals surface area (Å²) >= 11 is 5.63. The van der Waals surface area contributed by atoms with Crippen molar-refractivity contribution < 1.29 is 0 Å². The Hall–Kier alpha value is -1.92. The van der Waals surface area contributed by atoms with Gasteiger partial charge in [0, 0.05) is 5.56 Å². The van der Waals surface area contributed by atoms with Crippen LogP contribution in [0.1, 0.15) is 5.56 Å². The molecule has 0 unspecified atom stereocenters. The van der Waals surface area contributed by atoms with Gasteiger partial charge in [-0.1, -0.05) is 23.7 Å². The number of aromatic nitrogens is 2. The maximum Gasteiger partial charge on any atom is 0.151 e. The molecule has 0 saturated heterocycles. The fraction of sp³-hybridized carbons (Fsp3) is 0. The highest BCUT2D eigenvalue weighted by Crippen LogP contribution is 2.17. The Labute approximate surface area is 92.0 Å². The maximum atomic E-state index is 8.64. The molecule has 0 aliphatic carbocycles. The molecule has 72 valence electrons. The molecule has 1 heterocycles. The summed E-state index contributed by atoms with van der Waals surface area (Å²) in [5.41, 5.74) is 2.28. The smallest absolute Gasteiger partial charge is 0.151 e. The fourth-order valence-electron chi connectivity index (χ4n) is 1.19. The molecular formula is C11H6ClN3. The Balaban J connectivity index is 2.38. The molecule has 0 radical (unpaired) electrons. The molecule has 0 aliphatic rings. The molecular weight excluding hydrogens is 210 g/mol. The molecule has 0 fully saturated rings. The van der Waals surface area contributed by atoms with Crippen molar-refractivity contribution in [3.63, 3.8) is 0 Å². The average Bonchev–Trinajstić information content (AvgIpc) is 2.30. The molecule has 0 spiro atoms. The summed E-state index contributed by atoms with van der Waals surface area (Å²) in [6, 6.07) is 12.7. The van der Waals surface area contributed by atoms with Gasteiger partial charge in [-0.3, -0.25) is 0 Å². The van der Waals surface area contributed by atoms with E-state index in [4.69, 9.17) is 16.9 Å². The molecule has 0 saturated carbocycles. The molecule has 0 bridgehead atoms. The van der Waals surface area contributed by atoms with Gasteiger partial charge in [0.25, 0.3) is 0 Å². The Bertz CT molecular complexity index is 497. The minimum atomic E-state index is 0.368. The zero-order valence-corrected chi connectivity index (χ0v) is 8.44. The highest BCUT2D eigenvalue weighted by Gasteiger charge is 1.99. The first kappa shape index (κ1) is 9.63. The maximum absolute atomic E-state index is 8.64. The van der Waals surface area contributed by atoms with E-state index in [1.165, 1.54) is 0 Å². The lowest BCUT2D eigenvalue weighted by Crippen LogP contribution is -1.87. The van der Waals surface area contributed by atoms with Gasteiger partial charge in [0.1, 0.15) is 0 Å². The van der Waals surface area contributed by atoms with Gasteiger partial charge in [-0.2, -0.15) is 5.26 Å². The predicted octanol–water partition coefficient (Wildman–Crippen LogP) is 2.67. The van der Waals surface area contributed by atoms with Crippen LogP contribution in [0.15, 0.2) is 36.4 Å². The number of nitrogens with zero attached hydrogens (tertiary/aromatic N) is 3. The standard InChI is InChI=1S/C11H6ClN3/c12-11-6-5-10(14-15-11)9-3-1-8(7-13)2-4-9/h1-6H. The van der Waals surface area contributed by atoms with Gasteiger partial charge in [-0.05, 0) is 24.3 Å². The largest absolute Gasteiger partial charge is 0.192 e. The highest BCUT2D eigenvalue weighted by atomic mass is 35.5. The van der Waals surface area contributed by atoms with Crippen LogP contribution < -0.4 is 0 Å². The second-order valence-electron chi connectivity index (χ2n) is 2.93. The molecule has 4 heteroatoms. The Morgan fingerprint density at radius 3 is 2.27 bits per heavy atom. The van der Waals surface area contributed by atoms with E-state index in [2.05, 4.69) is 16.3 Å². The molecule has 2 rings (SSSR count).